The summed E-state index contributed by atoms with van der Waals surface area (Å²) in [6.45, 7) is 7.11. The van der Waals surface area contributed by atoms with Crippen molar-refractivity contribution in [2.45, 2.75) is 43.0 Å². The Morgan fingerprint density at radius 2 is 1.76 bits per heavy atom. The van der Waals surface area contributed by atoms with Crippen LogP contribution in [0.3, 0.4) is 0 Å². The van der Waals surface area contributed by atoms with Gasteiger partial charge in [0, 0.05) is 0 Å². The average Bonchev–Trinajstić information content (AvgIpc) is 2.35. The summed E-state index contributed by atoms with van der Waals surface area (Å²) in [6, 6.07) is 8.61. The molecule has 17 heavy (non-hydrogen) atoms. The molecule has 1 aromatic rings. The summed E-state index contributed by atoms with van der Waals surface area (Å²) in [7, 11) is 0. The molecule has 0 aromatic heterocycles. The number of hydrogen-bond acceptors (Lipinski definition) is 0. The van der Waals surface area contributed by atoms with Gasteiger partial charge in [0.2, 0.25) is 0 Å². The molecule has 94 valence electrons. The molecular weight excluding hydrogens is 333 g/mol. The molecule has 0 heterocycles. The maximum absolute atomic E-state index is 3.52. The summed E-state index contributed by atoms with van der Waals surface area (Å²) >= 11 is 1.92. The quantitative estimate of drug-likeness (QED) is 0.583. The minimum atomic E-state index is -1.60. The zero-order valence-electron chi connectivity index (χ0n) is 11.2. The second kappa shape index (κ2) is 7.42. The van der Waals surface area contributed by atoms with Crippen LogP contribution in [0, 0.1) is 0 Å². The summed E-state index contributed by atoms with van der Waals surface area (Å²) in [5, 5.41) is 4.26. The van der Waals surface area contributed by atoms with E-state index in [1.165, 1.54) is 25.8 Å². The number of rotatable bonds is 6. The van der Waals surface area contributed by atoms with E-state index in [4.69, 9.17) is 0 Å². The van der Waals surface area contributed by atoms with Gasteiger partial charge in [0.25, 0.3) is 0 Å². The van der Waals surface area contributed by atoms with Crippen molar-refractivity contribution in [3.8, 4) is 0 Å². The third-order valence-electron chi connectivity index (χ3n) is 3.83. The molecule has 0 saturated heterocycles. The van der Waals surface area contributed by atoms with Gasteiger partial charge < -0.3 is 0 Å². The number of hydrogen-bond donors (Lipinski definition) is 0. The van der Waals surface area contributed by atoms with Gasteiger partial charge in [-0.3, -0.25) is 0 Å². The van der Waals surface area contributed by atoms with Crippen molar-refractivity contribution in [1.29, 1.82) is 0 Å². The second-order valence-electron chi connectivity index (χ2n) is 4.66. The first-order chi connectivity index (χ1) is 8.15. The van der Waals surface area contributed by atoms with Crippen LogP contribution in [-0.4, -0.2) is 13.3 Å². The van der Waals surface area contributed by atoms with Crippen LogP contribution in [0.5, 0.6) is 0 Å². The zero-order valence-corrected chi connectivity index (χ0v) is 14.9. The number of benzene rings is 1. The van der Waals surface area contributed by atoms with Gasteiger partial charge in [-0.2, -0.15) is 0 Å². The standard InChI is InChI=1S/C15H23BrGe/c1-4-17(5-2,6-3)12-8-10-14-9-7-11-15(16)13-14/h7-9,11-13H,4-6,10H2,1-3H3/b12-8+. The van der Waals surface area contributed by atoms with E-state index >= 15 is 0 Å². The fourth-order valence-corrected chi connectivity index (χ4v) is 8.59. The molecule has 0 bridgehead atoms. The first-order valence-corrected chi connectivity index (χ1v) is 13.0. The molecule has 0 spiro atoms. The van der Waals surface area contributed by atoms with E-state index in [1.807, 2.05) is 0 Å². The molecule has 1 aromatic carbocycles. The summed E-state index contributed by atoms with van der Waals surface area (Å²) in [6.07, 6.45) is 3.49. The number of halogens is 1. The molecular formula is C15H23BrGe. The molecule has 0 atom stereocenters. The minimum absolute atomic E-state index is 1.08. The normalized spacial score (nSPS) is 12.2. The van der Waals surface area contributed by atoms with E-state index in [0.717, 1.165) is 6.42 Å². The van der Waals surface area contributed by atoms with E-state index in [1.54, 1.807) is 0 Å². The van der Waals surface area contributed by atoms with Crippen molar-refractivity contribution in [2.24, 2.45) is 0 Å². The van der Waals surface area contributed by atoms with Crippen molar-refractivity contribution in [3.63, 3.8) is 0 Å². The maximum atomic E-state index is 3.52. The van der Waals surface area contributed by atoms with Crippen LogP contribution in [-0.2, 0) is 6.42 Å². The predicted molar refractivity (Wildman–Crippen MR) is 84.2 cm³/mol. The van der Waals surface area contributed by atoms with E-state index < -0.39 is 13.3 Å². The monoisotopic (exact) mass is 356 g/mol. The average molecular weight is 356 g/mol. The zero-order chi connectivity index (χ0) is 12.7. The molecule has 0 aliphatic rings. The van der Waals surface area contributed by atoms with Crippen LogP contribution >= 0.6 is 15.9 Å². The van der Waals surface area contributed by atoms with Crippen molar-refractivity contribution < 1.29 is 0 Å². The van der Waals surface area contributed by atoms with Gasteiger partial charge in [0.1, 0.15) is 0 Å². The van der Waals surface area contributed by atoms with E-state index in [-0.39, 0.29) is 0 Å². The molecule has 0 aliphatic carbocycles. The fourth-order valence-electron chi connectivity index (χ4n) is 2.21. The summed E-state index contributed by atoms with van der Waals surface area (Å²) < 4.78 is 1.18. The fraction of sp³-hybridized carbons (Fsp3) is 0.467. The van der Waals surface area contributed by atoms with Crippen LogP contribution in [0.15, 0.2) is 39.7 Å². The third kappa shape index (κ3) is 4.63. The Kier molecular flexibility index (Phi) is 6.57. The third-order valence-corrected chi connectivity index (χ3v) is 15.2. The van der Waals surface area contributed by atoms with Gasteiger partial charge in [-0.05, 0) is 0 Å². The van der Waals surface area contributed by atoms with Crippen LogP contribution < -0.4 is 0 Å². The Labute approximate surface area is 117 Å². The summed E-state index contributed by atoms with van der Waals surface area (Å²) in [5.41, 5.74) is 1.40. The van der Waals surface area contributed by atoms with E-state index in [0.29, 0.717) is 0 Å². The Morgan fingerprint density at radius 1 is 1.12 bits per heavy atom. The molecule has 0 aliphatic heterocycles. The molecule has 0 unspecified atom stereocenters. The van der Waals surface area contributed by atoms with E-state index in [9.17, 15) is 0 Å². The molecule has 0 fully saturated rings. The van der Waals surface area contributed by atoms with Gasteiger partial charge in [0.15, 0.2) is 0 Å². The topological polar surface area (TPSA) is 0 Å². The SMILES string of the molecule is C[CH2][Ge](/[CH]=C/Cc1cccc(Br)c1)([CH2]C)[CH2]C. The van der Waals surface area contributed by atoms with Crippen molar-refractivity contribution in [2.75, 3.05) is 0 Å². The van der Waals surface area contributed by atoms with Gasteiger partial charge in [0.05, 0.1) is 0 Å². The predicted octanol–water partition coefficient (Wildman–Crippen LogP) is 5.60. The van der Waals surface area contributed by atoms with Crippen molar-refractivity contribution in [1.82, 2.24) is 0 Å². The van der Waals surface area contributed by atoms with Crippen molar-refractivity contribution >= 4 is 29.2 Å². The van der Waals surface area contributed by atoms with Crippen LogP contribution in [0.2, 0.25) is 15.8 Å². The van der Waals surface area contributed by atoms with Crippen LogP contribution in [0.1, 0.15) is 26.3 Å². The van der Waals surface area contributed by atoms with Gasteiger partial charge in [-0.15, -0.1) is 0 Å². The Balaban J connectivity index is 2.66. The molecule has 0 radical (unpaired) electrons. The molecule has 0 saturated carbocycles. The number of allylic oxidation sites excluding steroid dienone is 1. The molecule has 0 nitrogen and oxygen atoms in total. The Morgan fingerprint density at radius 3 is 2.29 bits per heavy atom. The Hall–Kier alpha value is -0.0171. The molecule has 1 rings (SSSR count). The van der Waals surface area contributed by atoms with Gasteiger partial charge in [-0.1, -0.05) is 0 Å². The molecule has 0 N–H and O–H groups in total. The second-order valence-corrected chi connectivity index (χ2v) is 16.4. The summed E-state index contributed by atoms with van der Waals surface area (Å²) in [5.74, 6) is 0. The van der Waals surface area contributed by atoms with Crippen LogP contribution in [0.4, 0.5) is 0 Å². The molecule has 0 amide bonds. The van der Waals surface area contributed by atoms with Crippen molar-refractivity contribution in [3.05, 3.63) is 45.3 Å². The summed E-state index contributed by atoms with van der Waals surface area (Å²) in [4.78, 5) is 2.61. The Bertz CT molecular complexity index is 359. The first kappa shape index (κ1) is 15.0. The molecule has 2 heteroatoms. The van der Waals surface area contributed by atoms with Gasteiger partial charge in [-0.25, -0.2) is 0 Å². The first-order valence-electron chi connectivity index (χ1n) is 6.58. The van der Waals surface area contributed by atoms with Crippen LogP contribution in [0.25, 0.3) is 0 Å². The van der Waals surface area contributed by atoms with Gasteiger partial charge >= 0.3 is 117 Å². The van der Waals surface area contributed by atoms with E-state index in [2.05, 4.69) is 72.0 Å².